The van der Waals surface area contributed by atoms with Gasteiger partial charge in [0.25, 0.3) is 0 Å². The Morgan fingerprint density at radius 1 is 1.38 bits per heavy atom. The number of aryl methyl sites for hydroxylation is 2. The van der Waals surface area contributed by atoms with Gasteiger partial charge >= 0.3 is 0 Å². The van der Waals surface area contributed by atoms with E-state index in [9.17, 15) is 0 Å². The average molecular weight is 174 g/mol. The molecule has 1 aliphatic carbocycles. The molecule has 2 rings (SSSR count). The van der Waals surface area contributed by atoms with Crippen molar-refractivity contribution in [2.24, 2.45) is 0 Å². The zero-order valence-corrected chi connectivity index (χ0v) is 7.25. The summed E-state index contributed by atoms with van der Waals surface area (Å²) in [4.78, 5) is 0. The predicted octanol–water partition coefficient (Wildman–Crippen LogP) is 0.309. The van der Waals surface area contributed by atoms with Crippen LogP contribution in [-0.2, 0) is 12.8 Å². The minimum atomic E-state index is -0.126. The molecule has 1 aromatic rings. The first-order valence-electron chi connectivity index (χ1n) is 4.35. The first-order chi connectivity index (χ1) is 6.40. The Morgan fingerprint density at radius 2 is 2.31 bits per heavy atom. The molecule has 1 heterocycles. The van der Waals surface area contributed by atoms with E-state index in [1.165, 1.54) is 12.0 Å². The van der Waals surface area contributed by atoms with Gasteiger partial charge in [-0.1, -0.05) is 5.92 Å². The van der Waals surface area contributed by atoms with Crippen LogP contribution >= 0.6 is 0 Å². The van der Waals surface area contributed by atoms with E-state index in [0.29, 0.717) is 5.69 Å². The third-order valence-corrected chi connectivity index (χ3v) is 2.12. The zero-order chi connectivity index (χ0) is 9.10. The van der Waals surface area contributed by atoms with Gasteiger partial charge < -0.3 is 5.11 Å². The Hall–Kier alpha value is -1.40. The lowest BCUT2D eigenvalue weighted by atomic mass is 10.2. The third-order valence-electron chi connectivity index (χ3n) is 2.12. The second-order valence-electron chi connectivity index (χ2n) is 3.01. The van der Waals surface area contributed by atoms with Gasteiger partial charge in [0.15, 0.2) is 0 Å². The van der Waals surface area contributed by atoms with Crippen LogP contribution in [0.5, 0.6) is 0 Å². The van der Waals surface area contributed by atoms with Crippen LogP contribution in [0.1, 0.15) is 23.4 Å². The molecule has 3 heteroatoms. The fourth-order valence-electron chi connectivity index (χ4n) is 1.52. The Morgan fingerprint density at radius 3 is 3.15 bits per heavy atom. The van der Waals surface area contributed by atoms with Gasteiger partial charge in [-0.15, -0.1) is 5.10 Å². The summed E-state index contributed by atoms with van der Waals surface area (Å²) in [6.45, 7) is -0.126. The highest BCUT2D eigenvalue weighted by atomic mass is 16.2. The van der Waals surface area contributed by atoms with Gasteiger partial charge in [0.2, 0.25) is 0 Å². The molecule has 0 aromatic carbocycles. The molecule has 0 fully saturated rings. The van der Waals surface area contributed by atoms with E-state index in [2.05, 4.69) is 22.0 Å². The molecule has 0 unspecified atom stereocenters. The van der Waals surface area contributed by atoms with Crippen LogP contribution in [0.4, 0.5) is 0 Å². The van der Waals surface area contributed by atoms with Gasteiger partial charge in [-0.2, -0.15) is 5.10 Å². The molecule has 0 bridgehead atoms. The number of aliphatic hydroxyl groups excluding tert-OH is 1. The van der Waals surface area contributed by atoms with Gasteiger partial charge in [-0.25, -0.2) is 0 Å². The topological polar surface area (TPSA) is 46.0 Å². The molecule has 0 atom stereocenters. The molecule has 1 N–H and O–H groups in total. The lowest BCUT2D eigenvalue weighted by molar-refractivity contribution is 0.350. The highest BCUT2D eigenvalue weighted by Gasteiger charge is 2.12. The second-order valence-corrected chi connectivity index (χ2v) is 3.01. The fraction of sp³-hybridized carbons (Fsp3) is 0.400. The van der Waals surface area contributed by atoms with E-state index in [4.69, 9.17) is 5.11 Å². The molecule has 1 aromatic heterocycles. The van der Waals surface area contributed by atoms with Crippen LogP contribution in [0.15, 0.2) is 6.07 Å². The molecule has 0 spiro atoms. The summed E-state index contributed by atoms with van der Waals surface area (Å²) in [5, 5.41) is 16.5. The number of hydrogen-bond acceptors (Lipinski definition) is 3. The summed E-state index contributed by atoms with van der Waals surface area (Å²) in [5.74, 6) is 5.31. The van der Waals surface area contributed by atoms with Gasteiger partial charge in [-0.3, -0.25) is 0 Å². The number of nitrogens with zero attached hydrogens (tertiary/aromatic N) is 2. The second kappa shape index (κ2) is 3.55. The summed E-state index contributed by atoms with van der Waals surface area (Å²) in [5.41, 5.74) is 3.03. The van der Waals surface area contributed by atoms with Crippen LogP contribution in [0.3, 0.4) is 0 Å². The molecular formula is C10H10N2O. The maximum atomic E-state index is 8.50. The van der Waals surface area contributed by atoms with Crippen molar-refractivity contribution < 1.29 is 5.11 Å². The van der Waals surface area contributed by atoms with E-state index in [0.717, 1.165) is 18.5 Å². The Kier molecular flexibility index (Phi) is 2.24. The van der Waals surface area contributed by atoms with Gasteiger partial charge in [0, 0.05) is 0 Å². The monoisotopic (exact) mass is 174 g/mol. The molecule has 66 valence electrons. The summed E-state index contributed by atoms with van der Waals surface area (Å²) < 4.78 is 0. The van der Waals surface area contributed by atoms with Crippen molar-refractivity contribution in [2.45, 2.75) is 19.3 Å². The van der Waals surface area contributed by atoms with Crippen molar-refractivity contribution in [1.82, 2.24) is 10.2 Å². The molecule has 0 saturated heterocycles. The van der Waals surface area contributed by atoms with Crippen LogP contribution < -0.4 is 0 Å². The smallest absolute Gasteiger partial charge is 0.136 e. The van der Waals surface area contributed by atoms with Crippen LogP contribution in [0, 0.1) is 11.8 Å². The molecule has 0 amide bonds. The van der Waals surface area contributed by atoms with Crippen LogP contribution in [-0.4, -0.2) is 21.9 Å². The lowest BCUT2D eigenvalue weighted by Gasteiger charge is -1.95. The summed E-state index contributed by atoms with van der Waals surface area (Å²) >= 11 is 0. The minimum absolute atomic E-state index is 0.126. The lowest BCUT2D eigenvalue weighted by Crippen LogP contribution is -1.94. The first-order valence-corrected chi connectivity index (χ1v) is 4.35. The Balaban J connectivity index is 2.31. The largest absolute Gasteiger partial charge is 0.384 e. The number of fused-ring (bicyclic) bond motifs is 1. The van der Waals surface area contributed by atoms with Crippen molar-refractivity contribution in [1.29, 1.82) is 0 Å². The summed E-state index contributed by atoms with van der Waals surface area (Å²) in [6.07, 6.45) is 3.29. The van der Waals surface area contributed by atoms with Gasteiger partial charge in [0.05, 0.1) is 5.69 Å². The van der Waals surface area contributed by atoms with Gasteiger partial charge in [0.1, 0.15) is 12.3 Å². The standard InChI is InChI=1S/C10H10N2O/c13-6-2-4-9-7-8-3-1-5-10(8)12-11-9/h7,13H,1,3,5-6H2. The van der Waals surface area contributed by atoms with Gasteiger partial charge in [-0.05, 0) is 36.8 Å². The molecule has 0 saturated carbocycles. The van der Waals surface area contributed by atoms with Crippen molar-refractivity contribution in [3.63, 3.8) is 0 Å². The van der Waals surface area contributed by atoms with E-state index >= 15 is 0 Å². The van der Waals surface area contributed by atoms with Crippen molar-refractivity contribution in [3.8, 4) is 11.8 Å². The quantitative estimate of drug-likeness (QED) is 0.576. The molecule has 0 radical (unpaired) electrons. The van der Waals surface area contributed by atoms with E-state index in [-0.39, 0.29) is 6.61 Å². The maximum Gasteiger partial charge on any atom is 0.136 e. The van der Waals surface area contributed by atoms with E-state index in [1.54, 1.807) is 0 Å². The molecule has 3 nitrogen and oxygen atoms in total. The summed E-state index contributed by atoms with van der Waals surface area (Å²) in [6, 6.07) is 1.97. The fourth-order valence-corrected chi connectivity index (χ4v) is 1.52. The van der Waals surface area contributed by atoms with Crippen molar-refractivity contribution >= 4 is 0 Å². The molecule has 0 aliphatic heterocycles. The predicted molar refractivity (Wildman–Crippen MR) is 48.0 cm³/mol. The van der Waals surface area contributed by atoms with E-state index in [1.807, 2.05) is 6.07 Å². The normalized spacial score (nSPS) is 13.3. The number of aliphatic hydroxyl groups is 1. The average Bonchev–Trinajstić information content (AvgIpc) is 2.61. The van der Waals surface area contributed by atoms with Crippen LogP contribution in [0.25, 0.3) is 0 Å². The van der Waals surface area contributed by atoms with E-state index < -0.39 is 0 Å². The Labute approximate surface area is 76.8 Å². The number of hydrogen-bond donors (Lipinski definition) is 1. The Bertz CT molecular complexity index is 376. The number of rotatable bonds is 0. The summed E-state index contributed by atoms with van der Waals surface area (Å²) in [7, 11) is 0. The molecule has 13 heavy (non-hydrogen) atoms. The highest BCUT2D eigenvalue weighted by Crippen LogP contribution is 2.18. The highest BCUT2D eigenvalue weighted by molar-refractivity contribution is 5.33. The maximum absolute atomic E-state index is 8.50. The third kappa shape index (κ3) is 1.68. The molecule has 1 aliphatic rings. The first kappa shape index (κ1) is 8.21. The molecular weight excluding hydrogens is 164 g/mol. The van der Waals surface area contributed by atoms with Crippen LogP contribution in [0.2, 0.25) is 0 Å². The SMILES string of the molecule is OCC#Cc1cc2c(nn1)CCC2. The number of aromatic nitrogens is 2. The van der Waals surface area contributed by atoms with Crippen molar-refractivity contribution in [3.05, 3.63) is 23.0 Å². The van der Waals surface area contributed by atoms with Crippen molar-refractivity contribution in [2.75, 3.05) is 6.61 Å². The minimum Gasteiger partial charge on any atom is -0.384 e. The zero-order valence-electron chi connectivity index (χ0n) is 7.25.